The maximum absolute atomic E-state index is 13.0. The van der Waals surface area contributed by atoms with E-state index >= 15 is 0 Å². The summed E-state index contributed by atoms with van der Waals surface area (Å²) in [7, 11) is 0. The van der Waals surface area contributed by atoms with Crippen molar-refractivity contribution in [2.45, 2.75) is 32.9 Å². The average Bonchev–Trinajstić information content (AvgIpc) is 3.15. The SMILES string of the molecule is CCNC(=NCc1ccc(F)cc1)N1CCC(C)C(n2ccnc2)C1.I. The average molecular weight is 471 g/mol. The standard InChI is InChI=1S/C19H26FN5.HI/c1-3-22-19(23-12-16-4-6-17(20)7-5-16)24-10-8-15(2)18(13-24)25-11-9-21-14-25;/h4-7,9,11,14-15,18H,3,8,10,12-13H2,1-2H3,(H,22,23);1H. The topological polar surface area (TPSA) is 45.5 Å². The van der Waals surface area contributed by atoms with E-state index in [1.165, 1.54) is 12.1 Å². The first-order valence-corrected chi connectivity index (χ1v) is 8.92. The highest BCUT2D eigenvalue weighted by Gasteiger charge is 2.28. The zero-order valence-electron chi connectivity index (χ0n) is 15.3. The van der Waals surface area contributed by atoms with Crippen LogP contribution in [0.15, 0.2) is 48.0 Å². The minimum absolute atomic E-state index is 0. The third-order valence-corrected chi connectivity index (χ3v) is 4.79. The lowest BCUT2D eigenvalue weighted by molar-refractivity contribution is 0.189. The molecule has 26 heavy (non-hydrogen) atoms. The first kappa shape index (κ1) is 20.7. The first-order chi connectivity index (χ1) is 12.2. The first-order valence-electron chi connectivity index (χ1n) is 8.92. The quantitative estimate of drug-likeness (QED) is 0.421. The molecule has 2 aromatic rings. The van der Waals surface area contributed by atoms with Gasteiger partial charge in [0.15, 0.2) is 5.96 Å². The normalized spacial score (nSPS) is 20.6. The Morgan fingerprint density at radius 3 is 2.77 bits per heavy atom. The molecule has 1 aromatic carbocycles. The van der Waals surface area contributed by atoms with Gasteiger partial charge < -0.3 is 14.8 Å². The van der Waals surface area contributed by atoms with E-state index in [1.807, 2.05) is 18.7 Å². The second-order valence-corrected chi connectivity index (χ2v) is 6.59. The fraction of sp³-hybridized carbons (Fsp3) is 0.474. The van der Waals surface area contributed by atoms with Crippen molar-refractivity contribution in [1.29, 1.82) is 0 Å². The molecule has 0 aliphatic carbocycles. The molecule has 1 saturated heterocycles. The molecule has 1 fully saturated rings. The highest BCUT2D eigenvalue weighted by atomic mass is 127. The Morgan fingerprint density at radius 2 is 2.12 bits per heavy atom. The fourth-order valence-corrected chi connectivity index (χ4v) is 3.28. The zero-order valence-corrected chi connectivity index (χ0v) is 17.6. The van der Waals surface area contributed by atoms with Crippen LogP contribution in [0.5, 0.6) is 0 Å². The molecule has 0 spiro atoms. The van der Waals surface area contributed by atoms with E-state index in [-0.39, 0.29) is 29.8 Å². The second-order valence-electron chi connectivity index (χ2n) is 6.59. The molecule has 0 bridgehead atoms. The summed E-state index contributed by atoms with van der Waals surface area (Å²) in [4.78, 5) is 11.3. The van der Waals surface area contributed by atoms with Crippen LogP contribution in [0.25, 0.3) is 0 Å². The molecule has 1 aromatic heterocycles. The van der Waals surface area contributed by atoms with E-state index in [9.17, 15) is 4.39 Å². The monoisotopic (exact) mass is 471 g/mol. The number of benzene rings is 1. The Kier molecular flexibility index (Phi) is 7.86. The fourth-order valence-electron chi connectivity index (χ4n) is 3.28. The molecule has 142 valence electrons. The predicted molar refractivity (Wildman–Crippen MR) is 113 cm³/mol. The lowest BCUT2D eigenvalue weighted by atomic mass is 9.93. The van der Waals surface area contributed by atoms with E-state index in [0.717, 1.165) is 37.6 Å². The molecule has 1 N–H and O–H groups in total. The molecule has 0 radical (unpaired) electrons. The molecule has 0 saturated carbocycles. The number of aromatic nitrogens is 2. The highest BCUT2D eigenvalue weighted by Crippen LogP contribution is 2.27. The summed E-state index contributed by atoms with van der Waals surface area (Å²) in [6, 6.07) is 6.93. The Hall–Kier alpha value is -1.64. The van der Waals surface area contributed by atoms with Crippen molar-refractivity contribution in [1.82, 2.24) is 19.8 Å². The number of piperidine rings is 1. The smallest absolute Gasteiger partial charge is 0.194 e. The van der Waals surface area contributed by atoms with Crippen LogP contribution in [0.2, 0.25) is 0 Å². The maximum Gasteiger partial charge on any atom is 0.194 e. The number of hydrogen-bond donors (Lipinski definition) is 1. The summed E-state index contributed by atoms with van der Waals surface area (Å²) < 4.78 is 15.2. The number of guanidine groups is 1. The molecule has 0 amide bonds. The molecule has 2 heterocycles. The Bertz CT molecular complexity index is 686. The van der Waals surface area contributed by atoms with E-state index < -0.39 is 0 Å². The molecule has 1 aliphatic rings. The minimum atomic E-state index is -0.215. The number of nitrogens with zero attached hydrogens (tertiary/aromatic N) is 4. The van der Waals surface area contributed by atoms with Crippen molar-refractivity contribution in [3.8, 4) is 0 Å². The second kappa shape index (κ2) is 9.89. The zero-order chi connectivity index (χ0) is 17.6. The van der Waals surface area contributed by atoms with Crippen LogP contribution >= 0.6 is 24.0 Å². The van der Waals surface area contributed by atoms with Gasteiger partial charge in [0.2, 0.25) is 0 Å². The summed E-state index contributed by atoms with van der Waals surface area (Å²) in [5, 5.41) is 3.39. The van der Waals surface area contributed by atoms with Crippen LogP contribution in [0, 0.1) is 11.7 Å². The largest absolute Gasteiger partial charge is 0.357 e. The summed E-state index contributed by atoms with van der Waals surface area (Å²) in [5.74, 6) is 1.31. The van der Waals surface area contributed by atoms with Crippen LogP contribution in [0.1, 0.15) is 31.9 Å². The molecular formula is C19H27FIN5. The molecule has 1 aliphatic heterocycles. The minimum Gasteiger partial charge on any atom is -0.357 e. The molecule has 3 rings (SSSR count). The van der Waals surface area contributed by atoms with Gasteiger partial charge in [0.25, 0.3) is 0 Å². The van der Waals surface area contributed by atoms with Gasteiger partial charge >= 0.3 is 0 Å². The van der Waals surface area contributed by atoms with Crippen LogP contribution in [-0.4, -0.2) is 40.0 Å². The summed E-state index contributed by atoms with van der Waals surface area (Å²) in [5.41, 5.74) is 1.01. The Morgan fingerprint density at radius 1 is 1.35 bits per heavy atom. The number of imidazole rings is 1. The van der Waals surface area contributed by atoms with Crippen molar-refractivity contribution in [2.75, 3.05) is 19.6 Å². The van der Waals surface area contributed by atoms with Crippen molar-refractivity contribution < 1.29 is 4.39 Å². The van der Waals surface area contributed by atoms with Crippen LogP contribution < -0.4 is 5.32 Å². The maximum atomic E-state index is 13.0. The number of likely N-dealkylation sites (tertiary alicyclic amines) is 1. The van der Waals surface area contributed by atoms with E-state index in [4.69, 9.17) is 4.99 Å². The molecule has 7 heteroatoms. The van der Waals surface area contributed by atoms with Crippen molar-refractivity contribution in [2.24, 2.45) is 10.9 Å². The number of hydrogen-bond acceptors (Lipinski definition) is 2. The van der Waals surface area contributed by atoms with Gasteiger partial charge in [-0.25, -0.2) is 14.4 Å². The molecule has 2 unspecified atom stereocenters. The van der Waals surface area contributed by atoms with Gasteiger partial charge in [0.05, 0.1) is 18.9 Å². The number of rotatable bonds is 4. The van der Waals surface area contributed by atoms with Gasteiger partial charge in [0, 0.05) is 32.0 Å². The van der Waals surface area contributed by atoms with Gasteiger partial charge in [-0.1, -0.05) is 19.1 Å². The lowest BCUT2D eigenvalue weighted by Crippen LogP contribution is -2.49. The Balaban J connectivity index is 0.00000243. The van der Waals surface area contributed by atoms with Crippen molar-refractivity contribution in [3.63, 3.8) is 0 Å². The van der Waals surface area contributed by atoms with Gasteiger partial charge in [-0.15, -0.1) is 24.0 Å². The van der Waals surface area contributed by atoms with E-state index in [2.05, 4.69) is 33.6 Å². The summed E-state index contributed by atoms with van der Waals surface area (Å²) >= 11 is 0. The number of aliphatic imine (C=N–C) groups is 1. The van der Waals surface area contributed by atoms with Crippen LogP contribution in [0.4, 0.5) is 4.39 Å². The number of halogens is 2. The molecule has 5 nitrogen and oxygen atoms in total. The number of nitrogens with one attached hydrogen (secondary N) is 1. The third kappa shape index (κ3) is 5.18. The van der Waals surface area contributed by atoms with E-state index in [0.29, 0.717) is 18.5 Å². The van der Waals surface area contributed by atoms with Gasteiger partial charge in [-0.05, 0) is 37.0 Å². The van der Waals surface area contributed by atoms with Crippen LogP contribution in [0.3, 0.4) is 0 Å². The van der Waals surface area contributed by atoms with Crippen molar-refractivity contribution >= 4 is 29.9 Å². The lowest BCUT2D eigenvalue weighted by Gasteiger charge is -2.39. The van der Waals surface area contributed by atoms with Gasteiger partial charge in [-0.2, -0.15) is 0 Å². The molecular weight excluding hydrogens is 444 g/mol. The van der Waals surface area contributed by atoms with E-state index in [1.54, 1.807) is 12.1 Å². The third-order valence-electron chi connectivity index (χ3n) is 4.79. The van der Waals surface area contributed by atoms with Gasteiger partial charge in [0.1, 0.15) is 5.82 Å². The Labute approximate surface area is 171 Å². The van der Waals surface area contributed by atoms with Crippen LogP contribution in [-0.2, 0) is 6.54 Å². The van der Waals surface area contributed by atoms with Crippen molar-refractivity contribution in [3.05, 3.63) is 54.4 Å². The predicted octanol–water partition coefficient (Wildman–Crippen LogP) is 3.69. The highest BCUT2D eigenvalue weighted by molar-refractivity contribution is 14.0. The van der Waals surface area contributed by atoms with Gasteiger partial charge in [-0.3, -0.25) is 0 Å². The molecule has 2 atom stereocenters. The summed E-state index contributed by atoms with van der Waals surface area (Å²) in [6.45, 7) is 7.64. The summed E-state index contributed by atoms with van der Waals surface area (Å²) in [6.07, 6.45) is 6.88.